The van der Waals surface area contributed by atoms with Crippen molar-refractivity contribution in [3.8, 4) is 0 Å². The van der Waals surface area contributed by atoms with Crippen molar-refractivity contribution in [1.82, 2.24) is 9.62 Å². The number of ether oxygens (including phenoxy) is 2. The quantitative estimate of drug-likeness (QED) is 0.185. The number of benzene rings is 3. The van der Waals surface area contributed by atoms with E-state index in [-0.39, 0.29) is 36.6 Å². The van der Waals surface area contributed by atoms with E-state index in [9.17, 15) is 27.6 Å². The number of sulfonamides is 1. The van der Waals surface area contributed by atoms with Crippen LogP contribution in [0, 0.1) is 17.8 Å². The van der Waals surface area contributed by atoms with E-state index in [4.69, 9.17) is 9.47 Å². The summed E-state index contributed by atoms with van der Waals surface area (Å²) in [6.45, 7) is 4.68. The number of alkyl carbamates (subject to hydrolysis) is 1. The highest BCUT2D eigenvalue weighted by Crippen LogP contribution is 2.52. The third-order valence-electron chi connectivity index (χ3n) is 8.97. The number of nitrogens with zero attached hydrogens (tertiary/aromatic N) is 2. The summed E-state index contributed by atoms with van der Waals surface area (Å²) in [5.41, 5.74) is 1.16. The minimum atomic E-state index is -4.21. The van der Waals surface area contributed by atoms with E-state index in [0.717, 1.165) is 4.90 Å². The number of para-hydroxylation sites is 1. The first-order valence-corrected chi connectivity index (χ1v) is 18.1. The summed E-state index contributed by atoms with van der Waals surface area (Å²) >= 11 is 3.35. The van der Waals surface area contributed by atoms with Crippen LogP contribution in [0.15, 0.2) is 105 Å². The summed E-state index contributed by atoms with van der Waals surface area (Å²) < 4.78 is 41.9. The molecule has 0 saturated carbocycles. The van der Waals surface area contributed by atoms with Gasteiger partial charge in [-0.2, -0.15) is 4.31 Å². The molecule has 4 atom stereocenters. The second-order valence-corrected chi connectivity index (χ2v) is 16.0. The molecular formula is C36H36BrN3O8S. The standard InChI is InChI=1S/C36H36BrN3O8S/c1-36(2,3)48-35(44)38-19-23-18-27-31(33(42)40(32(27)41)25-12-8-5-9-13-25)30-28(23)20-39(49(45,46)26-16-14-24(37)15-17-26)29(30)21-47-34(43)22-10-6-4-7-11-22/h4-17,27,29-31H,18-21H2,1-3H3,(H,38,44)/t27-,29+,30+,31+/m0/s1. The van der Waals surface area contributed by atoms with Crippen molar-refractivity contribution in [2.45, 2.75) is 43.7 Å². The molecular weight excluding hydrogens is 714 g/mol. The Hall–Kier alpha value is -4.33. The second-order valence-electron chi connectivity index (χ2n) is 13.2. The number of rotatable bonds is 8. The zero-order chi connectivity index (χ0) is 35.1. The number of nitrogens with one attached hydrogen (secondary N) is 1. The topological polar surface area (TPSA) is 139 Å². The Morgan fingerprint density at radius 1 is 0.898 bits per heavy atom. The van der Waals surface area contributed by atoms with Gasteiger partial charge in [-0.05, 0) is 86.9 Å². The lowest BCUT2D eigenvalue weighted by atomic mass is 9.69. The second kappa shape index (κ2) is 13.5. The normalized spacial score (nSPS) is 22.5. The molecule has 2 fully saturated rings. The lowest BCUT2D eigenvalue weighted by Crippen LogP contribution is -2.46. The first-order chi connectivity index (χ1) is 23.3. The van der Waals surface area contributed by atoms with Crippen LogP contribution in [-0.4, -0.2) is 67.9 Å². The number of imide groups is 1. The van der Waals surface area contributed by atoms with Crippen LogP contribution in [0.25, 0.3) is 0 Å². The molecule has 49 heavy (non-hydrogen) atoms. The molecule has 0 radical (unpaired) electrons. The van der Waals surface area contributed by atoms with Gasteiger partial charge in [-0.3, -0.25) is 14.5 Å². The number of hydrogen-bond acceptors (Lipinski definition) is 8. The molecule has 6 rings (SSSR count). The maximum absolute atomic E-state index is 14.4. The van der Waals surface area contributed by atoms with E-state index in [1.54, 1.807) is 93.6 Å². The summed E-state index contributed by atoms with van der Waals surface area (Å²) in [6.07, 6.45) is -0.548. The van der Waals surface area contributed by atoms with Gasteiger partial charge in [-0.1, -0.05) is 52.3 Å². The van der Waals surface area contributed by atoms with Crippen LogP contribution in [-0.2, 0) is 29.1 Å². The van der Waals surface area contributed by atoms with Crippen molar-refractivity contribution >= 4 is 55.5 Å². The molecule has 2 saturated heterocycles. The molecule has 0 bridgehead atoms. The summed E-state index contributed by atoms with van der Waals surface area (Å²) in [6, 6.07) is 22.0. The van der Waals surface area contributed by atoms with Crippen LogP contribution in [0.2, 0.25) is 0 Å². The number of fused-ring (bicyclic) bond motifs is 3. The minimum absolute atomic E-state index is 0.0130. The summed E-state index contributed by atoms with van der Waals surface area (Å²) in [7, 11) is -4.21. The van der Waals surface area contributed by atoms with E-state index in [2.05, 4.69) is 21.2 Å². The van der Waals surface area contributed by atoms with Gasteiger partial charge >= 0.3 is 12.1 Å². The summed E-state index contributed by atoms with van der Waals surface area (Å²) in [4.78, 5) is 55.4. The first kappa shape index (κ1) is 34.5. The van der Waals surface area contributed by atoms with Gasteiger partial charge in [0.2, 0.25) is 21.8 Å². The number of carbonyl (C=O) groups excluding carboxylic acids is 4. The highest BCUT2D eigenvalue weighted by atomic mass is 79.9. The first-order valence-electron chi connectivity index (χ1n) is 15.9. The number of anilines is 1. The van der Waals surface area contributed by atoms with Gasteiger partial charge in [-0.15, -0.1) is 0 Å². The van der Waals surface area contributed by atoms with Crippen molar-refractivity contribution in [3.63, 3.8) is 0 Å². The molecule has 3 aromatic carbocycles. The third-order valence-corrected chi connectivity index (χ3v) is 11.4. The fourth-order valence-corrected chi connectivity index (χ4v) is 8.76. The Morgan fingerprint density at radius 2 is 1.53 bits per heavy atom. The van der Waals surface area contributed by atoms with Gasteiger partial charge < -0.3 is 14.8 Å². The lowest BCUT2D eigenvalue weighted by Gasteiger charge is -2.34. The van der Waals surface area contributed by atoms with E-state index >= 15 is 0 Å². The van der Waals surface area contributed by atoms with E-state index in [1.807, 2.05) is 0 Å². The minimum Gasteiger partial charge on any atom is -0.460 e. The predicted molar refractivity (Wildman–Crippen MR) is 184 cm³/mol. The van der Waals surface area contributed by atoms with Crippen molar-refractivity contribution in [1.29, 1.82) is 0 Å². The van der Waals surface area contributed by atoms with Crippen LogP contribution in [0.3, 0.4) is 0 Å². The van der Waals surface area contributed by atoms with Gasteiger partial charge in [-0.25, -0.2) is 18.0 Å². The van der Waals surface area contributed by atoms with Crippen LogP contribution in [0.4, 0.5) is 10.5 Å². The van der Waals surface area contributed by atoms with Crippen LogP contribution in [0.1, 0.15) is 37.6 Å². The summed E-state index contributed by atoms with van der Waals surface area (Å²) in [5, 5.41) is 2.76. The highest BCUT2D eigenvalue weighted by Gasteiger charge is 2.61. The number of esters is 1. The SMILES string of the molecule is CC(C)(C)OC(=O)NCC1=C2CN(S(=O)(=O)c3ccc(Br)cc3)[C@H](COC(=O)c3ccccc3)[C@@H]2[C@@H]2C(=O)N(c3ccccc3)C(=O)[C@H]2C1. The Kier molecular flexibility index (Phi) is 9.53. The molecule has 0 aromatic heterocycles. The van der Waals surface area contributed by atoms with Gasteiger partial charge in [0.15, 0.2) is 0 Å². The molecule has 0 unspecified atom stereocenters. The van der Waals surface area contributed by atoms with E-state index < -0.39 is 63.3 Å². The van der Waals surface area contributed by atoms with Gasteiger partial charge in [0.25, 0.3) is 0 Å². The van der Waals surface area contributed by atoms with Gasteiger partial charge in [0, 0.05) is 23.5 Å². The Labute approximate surface area is 293 Å². The third kappa shape index (κ3) is 6.92. The number of amides is 3. The average Bonchev–Trinajstić information content (AvgIpc) is 3.57. The van der Waals surface area contributed by atoms with E-state index in [1.165, 1.54) is 16.4 Å². The van der Waals surface area contributed by atoms with Crippen LogP contribution < -0.4 is 10.2 Å². The predicted octanol–water partition coefficient (Wildman–Crippen LogP) is 5.33. The molecule has 1 aliphatic carbocycles. The van der Waals surface area contributed by atoms with Crippen molar-refractivity contribution in [2.24, 2.45) is 17.8 Å². The van der Waals surface area contributed by atoms with Crippen LogP contribution in [0.5, 0.6) is 0 Å². The molecule has 3 amide bonds. The molecule has 3 aliphatic rings. The monoisotopic (exact) mass is 749 g/mol. The fourth-order valence-electron chi connectivity index (χ4n) is 6.89. The number of halogens is 1. The smallest absolute Gasteiger partial charge is 0.407 e. The molecule has 13 heteroatoms. The van der Waals surface area contributed by atoms with E-state index in [0.29, 0.717) is 21.3 Å². The largest absolute Gasteiger partial charge is 0.460 e. The Morgan fingerprint density at radius 3 is 2.16 bits per heavy atom. The highest BCUT2D eigenvalue weighted by molar-refractivity contribution is 9.10. The molecule has 11 nitrogen and oxygen atoms in total. The van der Waals surface area contributed by atoms with Crippen molar-refractivity contribution in [2.75, 3.05) is 24.6 Å². The molecule has 0 spiro atoms. The van der Waals surface area contributed by atoms with Gasteiger partial charge in [0.05, 0.1) is 34.0 Å². The van der Waals surface area contributed by atoms with Gasteiger partial charge in [0.1, 0.15) is 12.2 Å². The van der Waals surface area contributed by atoms with Crippen molar-refractivity contribution in [3.05, 3.63) is 106 Å². The zero-order valence-corrected chi connectivity index (χ0v) is 29.6. The molecule has 2 heterocycles. The number of carbonyl (C=O) groups is 4. The average molecular weight is 751 g/mol. The number of hydrogen-bond donors (Lipinski definition) is 1. The maximum Gasteiger partial charge on any atom is 0.407 e. The fraction of sp³-hybridized carbons (Fsp3) is 0.333. The Balaban J connectivity index is 1.44. The molecule has 256 valence electrons. The van der Waals surface area contributed by atoms with Crippen LogP contribution >= 0.6 is 15.9 Å². The molecule has 3 aromatic rings. The Bertz CT molecular complexity index is 1910. The van der Waals surface area contributed by atoms with Crippen molar-refractivity contribution < 1.29 is 37.1 Å². The zero-order valence-electron chi connectivity index (χ0n) is 27.2. The maximum atomic E-state index is 14.4. The molecule has 1 N–H and O–H groups in total. The lowest BCUT2D eigenvalue weighted by molar-refractivity contribution is -0.123. The summed E-state index contributed by atoms with van der Waals surface area (Å²) in [5.74, 6) is -4.11. The molecule has 2 aliphatic heterocycles.